The highest BCUT2D eigenvalue weighted by molar-refractivity contribution is 5.86. The van der Waals surface area contributed by atoms with Crippen molar-refractivity contribution in [3.63, 3.8) is 0 Å². The first kappa shape index (κ1) is 14.5. The Balaban J connectivity index is 2.14. The molecule has 0 aliphatic rings. The molecule has 0 amide bonds. The van der Waals surface area contributed by atoms with Crippen LogP contribution in [0.5, 0.6) is 0 Å². The monoisotopic (exact) mass is 280 g/mol. The summed E-state index contributed by atoms with van der Waals surface area (Å²) >= 11 is 0. The van der Waals surface area contributed by atoms with Crippen molar-refractivity contribution >= 4 is 22.8 Å². The first-order valence-electron chi connectivity index (χ1n) is 6.40. The van der Waals surface area contributed by atoms with Crippen molar-refractivity contribution in [3.8, 4) is 0 Å². The highest BCUT2D eigenvalue weighted by Gasteiger charge is 2.20. The molecule has 2 aromatic rings. The summed E-state index contributed by atoms with van der Waals surface area (Å²) in [7, 11) is 3.36. The lowest BCUT2D eigenvalue weighted by Gasteiger charge is -2.23. The summed E-state index contributed by atoms with van der Waals surface area (Å²) in [6.45, 7) is 2.61. The van der Waals surface area contributed by atoms with Gasteiger partial charge in [-0.05, 0) is 6.92 Å². The predicted octanol–water partition coefficient (Wildman–Crippen LogP) is 0.594. The summed E-state index contributed by atoms with van der Waals surface area (Å²) in [4.78, 5) is 8.58. The number of nitrogens with zero attached hydrogens (tertiary/aromatic N) is 3. The van der Waals surface area contributed by atoms with Gasteiger partial charge in [-0.2, -0.15) is 15.1 Å². The number of methoxy groups -OCH3 is 1. The van der Waals surface area contributed by atoms with Crippen molar-refractivity contribution in [2.75, 3.05) is 37.9 Å². The summed E-state index contributed by atoms with van der Waals surface area (Å²) in [5, 5.41) is 23.8. The van der Waals surface area contributed by atoms with Gasteiger partial charge in [-0.1, -0.05) is 0 Å². The number of aliphatic hydroxyl groups is 1. The molecule has 8 nitrogen and oxygen atoms in total. The van der Waals surface area contributed by atoms with Crippen molar-refractivity contribution in [3.05, 3.63) is 6.20 Å². The third-order valence-electron chi connectivity index (χ3n) is 3.01. The molecule has 0 fully saturated rings. The molecule has 1 atom stereocenters. The first-order valence-corrected chi connectivity index (χ1v) is 6.40. The standard InChI is InChI=1S/C12H20N6O2/c1-12(19,4-5-20-3)7-14-9-8-6-15-18-10(8)17-11(13-2)16-9/h6,19H,4-5,7H2,1-3H3,(H3,13,14,15,16,17,18). The number of aromatic nitrogens is 4. The van der Waals surface area contributed by atoms with Gasteiger partial charge in [-0.25, -0.2) is 0 Å². The lowest BCUT2D eigenvalue weighted by atomic mass is 10.0. The Morgan fingerprint density at radius 2 is 2.25 bits per heavy atom. The second-order valence-electron chi connectivity index (χ2n) is 4.87. The molecule has 0 bridgehead atoms. The molecule has 8 heteroatoms. The molecule has 110 valence electrons. The molecular weight excluding hydrogens is 260 g/mol. The molecule has 0 aliphatic heterocycles. The van der Waals surface area contributed by atoms with Gasteiger partial charge < -0.3 is 20.5 Å². The number of fused-ring (bicyclic) bond motifs is 1. The molecule has 2 rings (SSSR count). The van der Waals surface area contributed by atoms with E-state index in [1.807, 2.05) is 0 Å². The van der Waals surface area contributed by atoms with Gasteiger partial charge in [0.15, 0.2) is 5.65 Å². The molecule has 0 saturated heterocycles. The van der Waals surface area contributed by atoms with Crippen molar-refractivity contribution in [2.45, 2.75) is 18.9 Å². The van der Waals surface area contributed by atoms with Crippen LogP contribution in [0.4, 0.5) is 11.8 Å². The average molecular weight is 280 g/mol. The molecule has 1 unspecified atom stereocenters. The Morgan fingerprint density at radius 1 is 1.45 bits per heavy atom. The van der Waals surface area contributed by atoms with E-state index in [0.29, 0.717) is 37.0 Å². The second-order valence-corrected chi connectivity index (χ2v) is 4.87. The smallest absolute Gasteiger partial charge is 0.226 e. The summed E-state index contributed by atoms with van der Waals surface area (Å²) in [5.41, 5.74) is -0.236. The van der Waals surface area contributed by atoms with E-state index < -0.39 is 5.60 Å². The minimum absolute atomic E-state index is 0.358. The summed E-state index contributed by atoms with van der Waals surface area (Å²) < 4.78 is 4.99. The van der Waals surface area contributed by atoms with Crippen LogP contribution in [-0.4, -0.2) is 58.2 Å². The third-order valence-corrected chi connectivity index (χ3v) is 3.01. The molecule has 0 aliphatic carbocycles. The fourth-order valence-electron chi connectivity index (χ4n) is 1.77. The number of hydrogen-bond acceptors (Lipinski definition) is 7. The second kappa shape index (κ2) is 6.02. The maximum Gasteiger partial charge on any atom is 0.226 e. The van der Waals surface area contributed by atoms with Crippen LogP contribution in [0.25, 0.3) is 11.0 Å². The highest BCUT2D eigenvalue weighted by Crippen LogP contribution is 2.21. The molecular formula is C12H20N6O2. The van der Waals surface area contributed by atoms with Crippen LogP contribution in [0.15, 0.2) is 6.20 Å². The van der Waals surface area contributed by atoms with Gasteiger partial charge in [-0.15, -0.1) is 0 Å². The Bertz CT molecular complexity index is 568. The van der Waals surface area contributed by atoms with Crippen LogP contribution < -0.4 is 10.6 Å². The SMILES string of the molecule is CNc1nc(NCC(C)(O)CCOC)c2cn[nH]c2n1. The fourth-order valence-corrected chi connectivity index (χ4v) is 1.77. The molecule has 2 heterocycles. The van der Waals surface area contributed by atoms with Crippen LogP contribution in [0.2, 0.25) is 0 Å². The van der Waals surface area contributed by atoms with Crippen molar-refractivity contribution < 1.29 is 9.84 Å². The van der Waals surface area contributed by atoms with Crippen LogP contribution in [0, 0.1) is 0 Å². The van der Waals surface area contributed by atoms with E-state index in [1.54, 1.807) is 27.3 Å². The zero-order chi connectivity index (χ0) is 14.6. The lowest BCUT2D eigenvalue weighted by molar-refractivity contribution is 0.0357. The zero-order valence-electron chi connectivity index (χ0n) is 11.9. The Hall–Kier alpha value is -1.93. The van der Waals surface area contributed by atoms with Gasteiger partial charge in [0.25, 0.3) is 0 Å². The molecule has 20 heavy (non-hydrogen) atoms. The fraction of sp³-hybridized carbons (Fsp3) is 0.583. The van der Waals surface area contributed by atoms with E-state index in [0.717, 1.165) is 5.39 Å². The Morgan fingerprint density at radius 3 is 2.95 bits per heavy atom. The minimum Gasteiger partial charge on any atom is -0.388 e. The number of rotatable bonds is 7. The third kappa shape index (κ3) is 3.34. The van der Waals surface area contributed by atoms with Gasteiger partial charge in [0, 0.05) is 33.7 Å². The van der Waals surface area contributed by atoms with E-state index in [-0.39, 0.29) is 0 Å². The molecule has 0 aromatic carbocycles. The predicted molar refractivity (Wildman–Crippen MR) is 76.8 cm³/mol. The van der Waals surface area contributed by atoms with Crippen LogP contribution >= 0.6 is 0 Å². The maximum atomic E-state index is 10.2. The van der Waals surface area contributed by atoms with E-state index in [2.05, 4.69) is 30.8 Å². The van der Waals surface area contributed by atoms with Gasteiger partial charge >= 0.3 is 0 Å². The van der Waals surface area contributed by atoms with E-state index in [9.17, 15) is 5.11 Å². The van der Waals surface area contributed by atoms with E-state index in [4.69, 9.17) is 4.74 Å². The highest BCUT2D eigenvalue weighted by atomic mass is 16.5. The first-order chi connectivity index (χ1) is 9.55. The van der Waals surface area contributed by atoms with Gasteiger partial charge in [0.2, 0.25) is 5.95 Å². The normalized spacial score (nSPS) is 14.2. The topological polar surface area (TPSA) is 108 Å². The zero-order valence-corrected chi connectivity index (χ0v) is 11.9. The number of ether oxygens (including phenoxy) is 1. The molecule has 4 N–H and O–H groups in total. The van der Waals surface area contributed by atoms with Crippen molar-refractivity contribution in [2.24, 2.45) is 0 Å². The Kier molecular flexibility index (Phi) is 4.35. The number of nitrogens with one attached hydrogen (secondary N) is 3. The van der Waals surface area contributed by atoms with E-state index in [1.165, 1.54) is 0 Å². The van der Waals surface area contributed by atoms with Crippen molar-refractivity contribution in [1.82, 2.24) is 20.2 Å². The summed E-state index contributed by atoms with van der Waals surface area (Å²) in [6, 6.07) is 0. The van der Waals surface area contributed by atoms with E-state index >= 15 is 0 Å². The summed E-state index contributed by atoms with van der Waals surface area (Å²) in [5.74, 6) is 1.12. The van der Waals surface area contributed by atoms with Gasteiger partial charge in [0.1, 0.15) is 5.82 Å². The molecule has 0 radical (unpaired) electrons. The van der Waals surface area contributed by atoms with Gasteiger partial charge in [0.05, 0.1) is 17.2 Å². The number of aromatic amines is 1. The lowest BCUT2D eigenvalue weighted by Crippen LogP contribution is -2.35. The average Bonchev–Trinajstić information content (AvgIpc) is 2.90. The maximum absolute atomic E-state index is 10.2. The number of anilines is 2. The van der Waals surface area contributed by atoms with Crippen molar-refractivity contribution in [1.29, 1.82) is 0 Å². The quantitative estimate of drug-likeness (QED) is 0.588. The van der Waals surface area contributed by atoms with Crippen LogP contribution in [-0.2, 0) is 4.74 Å². The van der Waals surface area contributed by atoms with Crippen LogP contribution in [0.1, 0.15) is 13.3 Å². The molecule has 0 saturated carbocycles. The van der Waals surface area contributed by atoms with Gasteiger partial charge in [-0.3, -0.25) is 5.10 Å². The number of H-pyrrole nitrogens is 1. The molecule has 2 aromatic heterocycles. The summed E-state index contributed by atoms with van der Waals surface area (Å²) in [6.07, 6.45) is 2.19. The van der Waals surface area contributed by atoms with Crippen LogP contribution in [0.3, 0.4) is 0 Å². The molecule has 0 spiro atoms. The minimum atomic E-state index is -0.878. The largest absolute Gasteiger partial charge is 0.388 e. The Labute approximate surface area is 117 Å². The number of hydrogen-bond donors (Lipinski definition) is 4.